The highest BCUT2D eigenvalue weighted by Crippen LogP contribution is 2.23. The molecule has 0 spiro atoms. The summed E-state index contributed by atoms with van der Waals surface area (Å²) in [4.78, 5) is 19.0. The molecule has 3 aromatic rings. The van der Waals surface area contributed by atoms with Crippen molar-refractivity contribution in [1.82, 2.24) is 14.5 Å². The van der Waals surface area contributed by atoms with Crippen LogP contribution >= 0.6 is 0 Å². The van der Waals surface area contributed by atoms with Crippen LogP contribution in [0.5, 0.6) is 5.75 Å². The molecule has 1 aromatic heterocycles. The molecule has 5 heteroatoms. The maximum Gasteiger partial charge on any atom is 0.260 e. The number of carbonyl (C=O) groups excluding carboxylic acids is 1. The van der Waals surface area contributed by atoms with E-state index in [1.165, 1.54) is 5.39 Å². The van der Waals surface area contributed by atoms with Crippen LogP contribution in [0, 0.1) is 5.92 Å². The van der Waals surface area contributed by atoms with Crippen LogP contribution in [0.15, 0.2) is 54.9 Å². The summed E-state index contributed by atoms with van der Waals surface area (Å²) in [5.41, 5.74) is 0. The van der Waals surface area contributed by atoms with Gasteiger partial charge in [-0.2, -0.15) is 0 Å². The topological polar surface area (TPSA) is 47.4 Å². The zero-order valence-corrected chi connectivity index (χ0v) is 17.3. The van der Waals surface area contributed by atoms with Crippen LogP contribution in [0.3, 0.4) is 0 Å². The molecule has 0 unspecified atom stereocenters. The molecule has 29 heavy (non-hydrogen) atoms. The van der Waals surface area contributed by atoms with Gasteiger partial charge in [0.2, 0.25) is 0 Å². The van der Waals surface area contributed by atoms with Crippen LogP contribution in [-0.2, 0) is 11.3 Å². The Morgan fingerprint density at radius 2 is 1.90 bits per heavy atom. The van der Waals surface area contributed by atoms with Gasteiger partial charge in [0, 0.05) is 37.9 Å². The van der Waals surface area contributed by atoms with Crippen molar-refractivity contribution in [2.45, 2.75) is 39.2 Å². The highest BCUT2D eigenvalue weighted by molar-refractivity contribution is 5.84. The number of imidazole rings is 1. The van der Waals surface area contributed by atoms with Crippen LogP contribution in [-0.4, -0.2) is 40.1 Å². The minimum absolute atomic E-state index is 0.0714. The second-order valence-electron chi connectivity index (χ2n) is 8.21. The van der Waals surface area contributed by atoms with E-state index in [1.54, 1.807) is 0 Å². The van der Waals surface area contributed by atoms with Crippen LogP contribution in [0.2, 0.25) is 0 Å². The highest BCUT2D eigenvalue weighted by atomic mass is 16.5. The Balaban J connectivity index is 1.27. The number of carbonyl (C=O) groups is 1. The first kappa shape index (κ1) is 19.5. The lowest BCUT2D eigenvalue weighted by Gasteiger charge is -2.32. The molecular formula is C24H29N3O2. The van der Waals surface area contributed by atoms with Crippen molar-refractivity contribution in [1.29, 1.82) is 0 Å². The van der Waals surface area contributed by atoms with Crippen LogP contribution < -0.4 is 4.74 Å². The Kier molecular flexibility index (Phi) is 5.84. The maximum absolute atomic E-state index is 12.6. The van der Waals surface area contributed by atoms with E-state index < -0.39 is 0 Å². The number of piperidine rings is 1. The lowest BCUT2D eigenvalue weighted by atomic mass is 9.96. The van der Waals surface area contributed by atoms with Gasteiger partial charge in [0.25, 0.3) is 5.91 Å². The van der Waals surface area contributed by atoms with E-state index in [2.05, 4.69) is 41.7 Å². The molecule has 0 bridgehead atoms. The first-order chi connectivity index (χ1) is 14.1. The second-order valence-corrected chi connectivity index (χ2v) is 8.21. The molecule has 2 aromatic carbocycles. The number of rotatable bonds is 6. The molecule has 1 fully saturated rings. The molecule has 0 atom stereocenters. The molecule has 0 saturated carbocycles. The molecule has 5 nitrogen and oxygen atoms in total. The van der Waals surface area contributed by atoms with Gasteiger partial charge in [0.05, 0.1) is 0 Å². The number of ether oxygens (including phenoxy) is 1. The number of fused-ring (bicyclic) bond motifs is 1. The van der Waals surface area contributed by atoms with Crippen molar-refractivity contribution in [3.63, 3.8) is 0 Å². The van der Waals surface area contributed by atoms with E-state index in [9.17, 15) is 4.79 Å². The van der Waals surface area contributed by atoms with Gasteiger partial charge in [0.15, 0.2) is 6.61 Å². The normalized spacial score (nSPS) is 15.2. The summed E-state index contributed by atoms with van der Waals surface area (Å²) in [7, 11) is 0. The third kappa shape index (κ3) is 4.61. The number of benzene rings is 2. The summed E-state index contributed by atoms with van der Waals surface area (Å²) in [6, 6.07) is 14.1. The lowest BCUT2D eigenvalue weighted by Crippen LogP contribution is -2.41. The number of hydrogen-bond donors (Lipinski definition) is 0. The number of nitrogens with zero attached hydrogens (tertiary/aromatic N) is 3. The largest absolute Gasteiger partial charge is 0.484 e. The highest BCUT2D eigenvalue weighted by Gasteiger charge is 2.24. The summed E-state index contributed by atoms with van der Waals surface area (Å²) < 4.78 is 8.05. The monoisotopic (exact) mass is 391 g/mol. The molecule has 2 heterocycles. The summed E-state index contributed by atoms with van der Waals surface area (Å²) in [6.07, 6.45) is 6.01. The van der Waals surface area contributed by atoms with Crippen molar-refractivity contribution in [3.8, 4) is 5.75 Å². The molecule has 0 aliphatic carbocycles. The van der Waals surface area contributed by atoms with Crippen LogP contribution in [0.25, 0.3) is 10.8 Å². The fourth-order valence-electron chi connectivity index (χ4n) is 4.11. The van der Waals surface area contributed by atoms with E-state index in [0.717, 1.165) is 49.4 Å². The third-order valence-corrected chi connectivity index (χ3v) is 5.77. The predicted molar refractivity (Wildman–Crippen MR) is 115 cm³/mol. The van der Waals surface area contributed by atoms with Gasteiger partial charge in [-0.05, 0) is 41.7 Å². The second kappa shape index (κ2) is 8.68. The number of aromatic nitrogens is 2. The smallest absolute Gasteiger partial charge is 0.260 e. The first-order valence-corrected chi connectivity index (χ1v) is 10.5. The van der Waals surface area contributed by atoms with E-state index in [4.69, 9.17) is 4.74 Å². The van der Waals surface area contributed by atoms with E-state index in [0.29, 0.717) is 11.8 Å². The summed E-state index contributed by atoms with van der Waals surface area (Å²) in [5, 5.41) is 2.30. The standard InChI is InChI=1S/C24H29N3O2/c1-18(2)24-25-11-14-27(24)16-19-9-12-26(13-10-19)23(28)17-29-22-8-7-20-5-3-4-6-21(20)15-22/h3-8,11,14-15,18-19H,9-10,12-13,16-17H2,1-2H3. The molecule has 4 rings (SSSR count). The number of likely N-dealkylation sites (tertiary alicyclic amines) is 1. The Labute approximate surface area is 172 Å². The van der Waals surface area contributed by atoms with Crippen molar-refractivity contribution in [3.05, 3.63) is 60.7 Å². The summed E-state index contributed by atoms with van der Waals surface area (Å²) >= 11 is 0. The predicted octanol–water partition coefficient (Wildman–Crippen LogP) is 4.48. The molecule has 1 amide bonds. The quantitative estimate of drug-likeness (QED) is 0.623. The van der Waals surface area contributed by atoms with E-state index >= 15 is 0 Å². The maximum atomic E-state index is 12.6. The number of amides is 1. The molecule has 152 valence electrons. The molecule has 1 aliphatic heterocycles. The van der Waals surface area contributed by atoms with Crippen molar-refractivity contribution in [2.24, 2.45) is 5.92 Å². The molecule has 0 radical (unpaired) electrons. The van der Waals surface area contributed by atoms with Crippen molar-refractivity contribution < 1.29 is 9.53 Å². The minimum atomic E-state index is 0.0714. The van der Waals surface area contributed by atoms with Crippen LogP contribution in [0.1, 0.15) is 38.4 Å². The summed E-state index contributed by atoms with van der Waals surface area (Å²) in [5.74, 6) is 2.98. The van der Waals surface area contributed by atoms with Crippen molar-refractivity contribution in [2.75, 3.05) is 19.7 Å². The lowest BCUT2D eigenvalue weighted by molar-refractivity contribution is -0.134. The zero-order chi connectivity index (χ0) is 20.2. The summed E-state index contributed by atoms with van der Waals surface area (Å²) in [6.45, 7) is 7.04. The average Bonchev–Trinajstić information content (AvgIpc) is 3.21. The molecule has 0 N–H and O–H groups in total. The fraction of sp³-hybridized carbons (Fsp3) is 0.417. The molecule has 1 aliphatic rings. The van der Waals surface area contributed by atoms with E-state index in [-0.39, 0.29) is 12.5 Å². The third-order valence-electron chi connectivity index (χ3n) is 5.77. The Hall–Kier alpha value is -2.82. The zero-order valence-electron chi connectivity index (χ0n) is 17.3. The van der Waals surface area contributed by atoms with Gasteiger partial charge in [-0.3, -0.25) is 4.79 Å². The average molecular weight is 392 g/mol. The Bertz CT molecular complexity index is 971. The van der Waals surface area contributed by atoms with Crippen LogP contribution in [0.4, 0.5) is 0 Å². The van der Waals surface area contributed by atoms with Gasteiger partial charge < -0.3 is 14.2 Å². The minimum Gasteiger partial charge on any atom is -0.484 e. The van der Waals surface area contributed by atoms with E-state index in [1.807, 2.05) is 41.4 Å². The SMILES string of the molecule is CC(C)c1nccn1CC1CCN(C(=O)COc2ccc3ccccc3c2)CC1. The first-order valence-electron chi connectivity index (χ1n) is 10.5. The van der Waals surface area contributed by atoms with Gasteiger partial charge in [-0.1, -0.05) is 44.2 Å². The van der Waals surface area contributed by atoms with Crippen molar-refractivity contribution >= 4 is 16.7 Å². The molecule has 1 saturated heterocycles. The Morgan fingerprint density at radius 3 is 2.66 bits per heavy atom. The fourth-order valence-corrected chi connectivity index (χ4v) is 4.11. The number of hydrogen-bond acceptors (Lipinski definition) is 3. The van der Waals surface area contributed by atoms with Gasteiger partial charge in [0.1, 0.15) is 11.6 Å². The Morgan fingerprint density at radius 1 is 1.14 bits per heavy atom. The molecular weight excluding hydrogens is 362 g/mol. The van der Waals surface area contributed by atoms with Gasteiger partial charge >= 0.3 is 0 Å². The van der Waals surface area contributed by atoms with Gasteiger partial charge in [-0.25, -0.2) is 4.98 Å². The van der Waals surface area contributed by atoms with Gasteiger partial charge in [-0.15, -0.1) is 0 Å².